The number of hydrogen-bond acceptors (Lipinski definition) is 4. The second-order valence-electron chi connectivity index (χ2n) is 9.64. The van der Waals surface area contributed by atoms with Crippen LogP contribution in [-0.4, -0.2) is 53.7 Å². The summed E-state index contributed by atoms with van der Waals surface area (Å²) in [6.07, 6.45) is 3.03. The zero-order valence-electron chi connectivity index (χ0n) is 19.1. The Balaban J connectivity index is 1.16. The minimum atomic E-state index is -0.842. The zero-order chi connectivity index (χ0) is 23.7. The van der Waals surface area contributed by atoms with Crippen molar-refractivity contribution in [1.29, 1.82) is 0 Å². The second kappa shape index (κ2) is 9.49. The minimum Gasteiger partial charge on any atom is -0.481 e. The Morgan fingerprint density at radius 3 is 2.29 bits per heavy atom. The molecule has 0 bridgehead atoms. The average molecular weight is 463 g/mol. The predicted octanol–water partition coefficient (Wildman–Crippen LogP) is 4.02. The van der Waals surface area contributed by atoms with E-state index in [0.717, 1.165) is 19.3 Å². The summed E-state index contributed by atoms with van der Waals surface area (Å²) in [6, 6.07) is 16.4. The van der Waals surface area contributed by atoms with Crippen molar-refractivity contribution in [2.75, 3.05) is 19.7 Å². The van der Waals surface area contributed by atoms with Gasteiger partial charge in [0.25, 0.3) is 0 Å². The van der Waals surface area contributed by atoms with Gasteiger partial charge < -0.3 is 20.1 Å². The van der Waals surface area contributed by atoms with E-state index in [4.69, 9.17) is 4.74 Å². The molecule has 178 valence electrons. The Hall–Kier alpha value is -3.35. The number of hydrogen-bond donors (Lipinski definition) is 2. The third-order valence-electron chi connectivity index (χ3n) is 7.63. The van der Waals surface area contributed by atoms with Crippen molar-refractivity contribution < 1.29 is 24.2 Å². The first kappa shape index (κ1) is 22.4. The molecule has 2 aromatic rings. The van der Waals surface area contributed by atoms with E-state index in [0.29, 0.717) is 19.4 Å². The number of rotatable bonds is 6. The average Bonchev–Trinajstić information content (AvgIpc) is 3.56. The molecule has 2 amide bonds. The third kappa shape index (κ3) is 4.39. The monoisotopic (exact) mass is 462 g/mol. The molecule has 1 saturated carbocycles. The standard InChI is InChI=1S/C27H30N2O5/c30-25(29-13-12-18(15-29)26(31)32)14-17-6-5-11-24(17)28-27(33)34-16-23-21-9-3-1-7-19(21)20-8-2-4-10-22(20)23/h1-4,7-10,17-18,23-24H,5-6,11-16H2,(H,28,33)(H,31,32)/t17-,18?,24+/m0/s1. The first-order chi connectivity index (χ1) is 16.5. The van der Waals surface area contributed by atoms with Crippen LogP contribution in [0, 0.1) is 11.8 Å². The largest absolute Gasteiger partial charge is 0.481 e. The van der Waals surface area contributed by atoms with Crippen LogP contribution in [0.3, 0.4) is 0 Å². The molecule has 3 aliphatic rings. The molecule has 34 heavy (non-hydrogen) atoms. The van der Waals surface area contributed by atoms with E-state index >= 15 is 0 Å². The molecular weight excluding hydrogens is 432 g/mol. The molecule has 3 atom stereocenters. The summed E-state index contributed by atoms with van der Waals surface area (Å²) in [4.78, 5) is 38.3. The molecule has 0 spiro atoms. The molecule has 1 saturated heterocycles. The van der Waals surface area contributed by atoms with Crippen molar-refractivity contribution >= 4 is 18.0 Å². The fourth-order valence-electron chi connectivity index (χ4n) is 5.80. The number of aliphatic carboxylic acids is 1. The van der Waals surface area contributed by atoms with E-state index in [-0.39, 0.29) is 36.9 Å². The lowest BCUT2D eigenvalue weighted by Crippen LogP contribution is -2.40. The molecule has 7 nitrogen and oxygen atoms in total. The molecule has 2 N–H and O–H groups in total. The molecule has 7 heteroatoms. The maximum absolute atomic E-state index is 12.7. The van der Waals surface area contributed by atoms with Crippen LogP contribution in [0.5, 0.6) is 0 Å². The van der Waals surface area contributed by atoms with Gasteiger partial charge in [0.15, 0.2) is 0 Å². The number of carboxylic acid groups (broad SMARTS) is 1. The quantitative estimate of drug-likeness (QED) is 0.676. The molecule has 2 aromatic carbocycles. The number of fused-ring (bicyclic) bond motifs is 3. The van der Waals surface area contributed by atoms with Gasteiger partial charge in [-0.3, -0.25) is 9.59 Å². The van der Waals surface area contributed by atoms with Crippen LogP contribution in [0.15, 0.2) is 48.5 Å². The molecular formula is C27H30N2O5. The van der Waals surface area contributed by atoms with E-state index in [1.165, 1.54) is 22.3 Å². The number of amides is 2. The molecule has 0 radical (unpaired) electrons. The topological polar surface area (TPSA) is 95.9 Å². The van der Waals surface area contributed by atoms with E-state index in [2.05, 4.69) is 29.6 Å². The fraction of sp³-hybridized carbons (Fsp3) is 0.444. The number of nitrogens with one attached hydrogen (secondary N) is 1. The number of benzene rings is 2. The normalized spacial score (nSPS) is 23.4. The number of carbonyl (C=O) groups is 3. The lowest BCUT2D eigenvalue weighted by Gasteiger charge is -2.24. The van der Waals surface area contributed by atoms with Crippen LogP contribution in [-0.2, 0) is 14.3 Å². The van der Waals surface area contributed by atoms with Crippen molar-refractivity contribution in [1.82, 2.24) is 10.2 Å². The van der Waals surface area contributed by atoms with Crippen molar-refractivity contribution in [3.8, 4) is 11.1 Å². The summed E-state index contributed by atoms with van der Waals surface area (Å²) in [7, 11) is 0. The van der Waals surface area contributed by atoms with Crippen LogP contribution in [0.25, 0.3) is 11.1 Å². The highest BCUT2D eigenvalue weighted by Gasteiger charge is 2.36. The van der Waals surface area contributed by atoms with Gasteiger partial charge >= 0.3 is 12.1 Å². The van der Waals surface area contributed by atoms with Crippen LogP contribution < -0.4 is 5.32 Å². The molecule has 1 unspecified atom stereocenters. The smallest absolute Gasteiger partial charge is 0.407 e. The Labute approximate surface area is 199 Å². The Bertz CT molecular complexity index is 1050. The van der Waals surface area contributed by atoms with Crippen molar-refractivity contribution in [3.63, 3.8) is 0 Å². The maximum atomic E-state index is 12.7. The van der Waals surface area contributed by atoms with Crippen molar-refractivity contribution in [2.45, 2.75) is 44.1 Å². The van der Waals surface area contributed by atoms with Gasteiger partial charge in [-0.15, -0.1) is 0 Å². The van der Waals surface area contributed by atoms with Gasteiger partial charge in [0, 0.05) is 31.5 Å². The van der Waals surface area contributed by atoms with Gasteiger partial charge in [0.1, 0.15) is 6.61 Å². The number of likely N-dealkylation sites (tertiary alicyclic amines) is 1. The molecule has 1 aliphatic heterocycles. The van der Waals surface area contributed by atoms with Gasteiger partial charge in [-0.2, -0.15) is 0 Å². The Morgan fingerprint density at radius 1 is 0.971 bits per heavy atom. The van der Waals surface area contributed by atoms with Crippen molar-refractivity contribution in [3.05, 3.63) is 59.7 Å². The Kier molecular flexibility index (Phi) is 6.26. The molecule has 0 aromatic heterocycles. The number of nitrogens with zero attached hydrogens (tertiary/aromatic N) is 1. The summed E-state index contributed by atoms with van der Waals surface area (Å²) in [5.74, 6) is -1.27. The summed E-state index contributed by atoms with van der Waals surface area (Å²) in [5, 5.41) is 12.2. The van der Waals surface area contributed by atoms with Gasteiger partial charge in [-0.25, -0.2) is 4.79 Å². The third-order valence-corrected chi connectivity index (χ3v) is 7.63. The highest BCUT2D eigenvalue weighted by atomic mass is 16.5. The summed E-state index contributed by atoms with van der Waals surface area (Å²) >= 11 is 0. The minimum absolute atomic E-state index is 0.0106. The summed E-state index contributed by atoms with van der Waals surface area (Å²) in [5.41, 5.74) is 4.72. The van der Waals surface area contributed by atoms with E-state index in [1.54, 1.807) is 4.90 Å². The van der Waals surface area contributed by atoms with Crippen LogP contribution in [0.4, 0.5) is 4.79 Å². The number of carbonyl (C=O) groups excluding carboxylic acids is 2. The second-order valence-corrected chi connectivity index (χ2v) is 9.64. The van der Waals surface area contributed by atoms with Gasteiger partial charge in [0.05, 0.1) is 5.92 Å². The summed E-state index contributed by atoms with van der Waals surface area (Å²) in [6.45, 7) is 1.04. The lowest BCUT2D eigenvalue weighted by atomic mass is 9.98. The van der Waals surface area contributed by atoms with Crippen molar-refractivity contribution in [2.24, 2.45) is 11.8 Å². The molecule has 5 rings (SSSR count). The van der Waals surface area contributed by atoms with Gasteiger partial charge in [-0.1, -0.05) is 55.0 Å². The maximum Gasteiger partial charge on any atom is 0.407 e. The van der Waals surface area contributed by atoms with E-state index in [1.807, 2.05) is 24.3 Å². The first-order valence-corrected chi connectivity index (χ1v) is 12.1. The van der Waals surface area contributed by atoms with Gasteiger partial charge in [-0.05, 0) is 47.4 Å². The fourth-order valence-corrected chi connectivity index (χ4v) is 5.80. The SMILES string of the molecule is O=C(N[C@@H]1CCC[C@H]1CC(=O)N1CCC(C(=O)O)C1)OCC1c2ccccc2-c2ccccc21. The molecule has 2 fully saturated rings. The number of carboxylic acids is 1. The van der Waals surface area contributed by atoms with Gasteiger partial charge in [0.2, 0.25) is 5.91 Å². The highest BCUT2D eigenvalue weighted by Crippen LogP contribution is 2.44. The van der Waals surface area contributed by atoms with Crippen LogP contribution in [0.1, 0.15) is 49.1 Å². The summed E-state index contributed by atoms with van der Waals surface area (Å²) < 4.78 is 5.68. The number of ether oxygens (including phenoxy) is 1. The van der Waals surface area contributed by atoms with E-state index in [9.17, 15) is 19.5 Å². The number of alkyl carbamates (subject to hydrolysis) is 1. The van der Waals surface area contributed by atoms with E-state index < -0.39 is 18.0 Å². The lowest BCUT2D eigenvalue weighted by molar-refractivity contribution is -0.141. The zero-order valence-corrected chi connectivity index (χ0v) is 19.1. The molecule has 2 aliphatic carbocycles. The predicted molar refractivity (Wildman–Crippen MR) is 126 cm³/mol. The highest BCUT2D eigenvalue weighted by molar-refractivity contribution is 5.80. The van der Waals surface area contributed by atoms with Crippen LogP contribution in [0.2, 0.25) is 0 Å². The first-order valence-electron chi connectivity index (χ1n) is 12.1. The molecule has 1 heterocycles. The van der Waals surface area contributed by atoms with Crippen LogP contribution >= 0.6 is 0 Å². The Morgan fingerprint density at radius 2 is 1.65 bits per heavy atom.